The van der Waals surface area contributed by atoms with E-state index in [1.807, 2.05) is 12.1 Å². The summed E-state index contributed by atoms with van der Waals surface area (Å²) in [6.07, 6.45) is 0. The number of nitrogens with two attached hydrogens (primary N) is 1. The van der Waals surface area contributed by atoms with Crippen LogP contribution in [0.25, 0.3) is 0 Å². The number of halogens is 1. The molecule has 0 saturated heterocycles. The molecule has 1 aromatic carbocycles. The van der Waals surface area contributed by atoms with Crippen LogP contribution in [0.2, 0.25) is 0 Å². The van der Waals surface area contributed by atoms with Gasteiger partial charge < -0.3 is 10.6 Å². The normalized spacial score (nSPS) is 9.20. The first-order valence-corrected chi connectivity index (χ1v) is 5.24. The van der Waals surface area contributed by atoms with Gasteiger partial charge in [0.1, 0.15) is 4.99 Å². The Hall–Kier alpha value is -0.800. The molecule has 84 valence electrons. The van der Waals surface area contributed by atoms with E-state index in [9.17, 15) is 0 Å². The molecule has 0 spiro atoms. The van der Waals surface area contributed by atoms with Gasteiger partial charge in [-0.15, -0.1) is 12.4 Å². The number of anilines is 1. The molecule has 1 aromatic rings. The van der Waals surface area contributed by atoms with Crippen molar-refractivity contribution in [2.24, 2.45) is 5.73 Å². The van der Waals surface area contributed by atoms with Gasteiger partial charge in [-0.05, 0) is 38.1 Å². The highest BCUT2D eigenvalue weighted by Gasteiger charge is 2.01. The second-order valence-electron chi connectivity index (χ2n) is 3.08. The largest absolute Gasteiger partial charge is 0.389 e. The third-order valence-corrected chi connectivity index (χ3v) is 2.52. The Morgan fingerprint density at radius 1 is 1.20 bits per heavy atom. The fraction of sp³-hybridized carbons (Fsp3) is 0.364. The van der Waals surface area contributed by atoms with Gasteiger partial charge in [-0.25, -0.2) is 0 Å². The summed E-state index contributed by atoms with van der Waals surface area (Å²) in [6.45, 7) is 6.32. The molecular formula is C11H17ClN2S. The zero-order valence-corrected chi connectivity index (χ0v) is 10.7. The van der Waals surface area contributed by atoms with Gasteiger partial charge in [0, 0.05) is 24.3 Å². The quantitative estimate of drug-likeness (QED) is 0.826. The molecule has 0 heterocycles. The second-order valence-corrected chi connectivity index (χ2v) is 3.52. The molecule has 2 nitrogen and oxygen atoms in total. The minimum atomic E-state index is 0. The Bertz CT molecular complexity index is 307. The third kappa shape index (κ3) is 3.68. The maximum atomic E-state index is 5.52. The average molecular weight is 245 g/mol. The summed E-state index contributed by atoms with van der Waals surface area (Å²) in [7, 11) is 0. The van der Waals surface area contributed by atoms with Gasteiger partial charge in [0.2, 0.25) is 0 Å². The molecule has 2 N–H and O–H groups in total. The van der Waals surface area contributed by atoms with Crippen LogP contribution in [-0.2, 0) is 0 Å². The molecule has 0 saturated carbocycles. The van der Waals surface area contributed by atoms with Gasteiger partial charge in [-0.3, -0.25) is 0 Å². The zero-order valence-electron chi connectivity index (χ0n) is 9.06. The highest BCUT2D eigenvalue weighted by atomic mass is 35.5. The van der Waals surface area contributed by atoms with Gasteiger partial charge in [0.15, 0.2) is 0 Å². The summed E-state index contributed by atoms with van der Waals surface area (Å²) in [5.74, 6) is 0. The summed E-state index contributed by atoms with van der Waals surface area (Å²) in [5, 5.41) is 0. The van der Waals surface area contributed by atoms with Crippen molar-refractivity contribution in [3.05, 3.63) is 29.8 Å². The molecule has 0 amide bonds. The van der Waals surface area contributed by atoms with Gasteiger partial charge in [0.25, 0.3) is 0 Å². The Balaban J connectivity index is 0.00000196. The SMILES string of the molecule is CCN(CC)c1ccc(C(N)=S)cc1.Cl. The van der Waals surface area contributed by atoms with Crippen LogP contribution in [0, 0.1) is 0 Å². The average Bonchev–Trinajstić information content (AvgIpc) is 2.20. The number of benzene rings is 1. The van der Waals surface area contributed by atoms with Crippen molar-refractivity contribution in [2.75, 3.05) is 18.0 Å². The number of thiocarbonyl (C=S) groups is 1. The lowest BCUT2D eigenvalue weighted by molar-refractivity contribution is 0.866. The lowest BCUT2D eigenvalue weighted by atomic mass is 10.2. The standard InChI is InChI=1S/C11H16N2S.ClH/c1-3-13(4-2)10-7-5-9(6-8-10)11(12)14;/h5-8H,3-4H2,1-2H3,(H2,12,14);1H. The molecule has 0 radical (unpaired) electrons. The molecule has 0 fully saturated rings. The molecule has 0 aliphatic carbocycles. The zero-order chi connectivity index (χ0) is 10.6. The van der Waals surface area contributed by atoms with Crippen LogP contribution in [0.3, 0.4) is 0 Å². The first kappa shape index (κ1) is 14.2. The van der Waals surface area contributed by atoms with Crippen LogP contribution in [0.1, 0.15) is 19.4 Å². The maximum Gasteiger partial charge on any atom is 0.103 e. The monoisotopic (exact) mass is 244 g/mol. The Kier molecular flexibility index (Phi) is 6.29. The number of nitrogens with zero attached hydrogens (tertiary/aromatic N) is 1. The van der Waals surface area contributed by atoms with E-state index in [0.29, 0.717) is 4.99 Å². The van der Waals surface area contributed by atoms with Crippen molar-refractivity contribution in [3.63, 3.8) is 0 Å². The topological polar surface area (TPSA) is 29.3 Å². The molecule has 1 rings (SSSR count). The third-order valence-electron chi connectivity index (χ3n) is 2.28. The van der Waals surface area contributed by atoms with Gasteiger partial charge in [-0.2, -0.15) is 0 Å². The number of hydrogen-bond donors (Lipinski definition) is 1. The van der Waals surface area contributed by atoms with Crippen LogP contribution in [0.4, 0.5) is 5.69 Å². The summed E-state index contributed by atoms with van der Waals surface area (Å²) in [5.41, 5.74) is 7.67. The van der Waals surface area contributed by atoms with Crippen LogP contribution < -0.4 is 10.6 Å². The van der Waals surface area contributed by atoms with E-state index in [2.05, 4.69) is 30.9 Å². The molecule has 0 aromatic heterocycles. The van der Waals surface area contributed by atoms with E-state index >= 15 is 0 Å². The van der Waals surface area contributed by atoms with Gasteiger partial charge in [-0.1, -0.05) is 12.2 Å². The van der Waals surface area contributed by atoms with Crippen molar-refractivity contribution < 1.29 is 0 Å². The fourth-order valence-electron chi connectivity index (χ4n) is 1.43. The van der Waals surface area contributed by atoms with Crippen molar-refractivity contribution in [2.45, 2.75) is 13.8 Å². The van der Waals surface area contributed by atoms with Crippen molar-refractivity contribution in [3.8, 4) is 0 Å². The van der Waals surface area contributed by atoms with Crippen LogP contribution >= 0.6 is 24.6 Å². The van der Waals surface area contributed by atoms with Crippen molar-refractivity contribution in [1.29, 1.82) is 0 Å². The van der Waals surface area contributed by atoms with Crippen LogP contribution in [-0.4, -0.2) is 18.1 Å². The Labute approximate surface area is 103 Å². The molecule has 0 aliphatic rings. The molecule has 0 bridgehead atoms. The number of rotatable bonds is 4. The van der Waals surface area contributed by atoms with Crippen LogP contribution in [0.5, 0.6) is 0 Å². The first-order chi connectivity index (χ1) is 6.69. The second kappa shape index (κ2) is 6.64. The predicted molar refractivity (Wildman–Crippen MR) is 73.1 cm³/mol. The molecule has 0 aliphatic heterocycles. The summed E-state index contributed by atoms with van der Waals surface area (Å²) in [4.78, 5) is 2.74. The predicted octanol–water partition coefficient (Wildman–Crippen LogP) is 2.59. The highest BCUT2D eigenvalue weighted by Crippen LogP contribution is 2.14. The lowest BCUT2D eigenvalue weighted by Crippen LogP contribution is -2.21. The van der Waals surface area contributed by atoms with Crippen LogP contribution in [0.15, 0.2) is 24.3 Å². The molecule has 0 unspecified atom stereocenters. The smallest absolute Gasteiger partial charge is 0.103 e. The summed E-state index contributed by atoms with van der Waals surface area (Å²) >= 11 is 4.89. The minimum absolute atomic E-state index is 0. The van der Waals surface area contributed by atoms with E-state index in [-0.39, 0.29) is 12.4 Å². The van der Waals surface area contributed by atoms with E-state index in [1.165, 1.54) is 5.69 Å². The lowest BCUT2D eigenvalue weighted by Gasteiger charge is -2.20. The summed E-state index contributed by atoms with van der Waals surface area (Å²) < 4.78 is 0. The summed E-state index contributed by atoms with van der Waals surface area (Å²) in [6, 6.07) is 8.05. The minimum Gasteiger partial charge on any atom is -0.389 e. The van der Waals surface area contributed by atoms with E-state index in [4.69, 9.17) is 18.0 Å². The van der Waals surface area contributed by atoms with Gasteiger partial charge >= 0.3 is 0 Å². The van der Waals surface area contributed by atoms with E-state index in [0.717, 1.165) is 18.7 Å². The van der Waals surface area contributed by atoms with Gasteiger partial charge in [0.05, 0.1) is 0 Å². The molecule has 4 heteroatoms. The first-order valence-electron chi connectivity index (χ1n) is 4.83. The maximum absolute atomic E-state index is 5.52. The Morgan fingerprint density at radius 2 is 1.67 bits per heavy atom. The molecular weight excluding hydrogens is 228 g/mol. The van der Waals surface area contributed by atoms with E-state index < -0.39 is 0 Å². The highest BCUT2D eigenvalue weighted by molar-refractivity contribution is 7.80. The fourth-order valence-corrected chi connectivity index (χ4v) is 1.56. The Morgan fingerprint density at radius 3 is 2.00 bits per heavy atom. The molecule has 15 heavy (non-hydrogen) atoms. The molecule has 0 atom stereocenters. The van der Waals surface area contributed by atoms with Crippen molar-refractivity contribution >= 4 is 35.3 Å². The van der Waals surface area contributed by atoms with E-state index in [1.54, 1.807) is 0 Å². The number of hydrogen-bond acceptors (Lipinski definition) is 2. The van der Waals surface area contributed by atoms with Crippen molar-refractivity contribution in [1.82, 2.24) is 0 Å².